The van der Waals surface area contributed by atoms with E-state index in [0.29, 0.717) is 5.56 Å². The van der Waals surface area contributed by atoms with E-state index in [2.05, 4.69) is 26.2 Å². The molecule has 0 spiro atoms. The molecule has 0 aliphatic heterocycles. The van der Waals surface area contributed by atoms with Gasteiger partial charge >= 0.3 is 0 Å². The smallest absolute Gasteiger partial charge is 0.257 e. The number of nitrogens with one attached hydrogen (secondary N) is 1. The van der Waals surface area contributed by atoms with Crippen LogP contribution in [0.3, 0.4) is 0 Å². The third kappa shape index (κ3) is 2.92. The SMILES string of the molecule is Cc1cc(Br)ccc1C(=O)Nc1cccc(F)n1. The second-order valence-electron chi connectivity index (χ2n) is 3.76. The van der Waals surface area contributed by atoms with Gasteiger partial charge < -0.3 is 5.32 Å². The van der Waals surface area contributed by atoms with E-state index in [1.807, 2.05) is 13.0 Å². The number of pyridine rings is 1. The lowest BCUT2D eigenvalue weighted by atomic mass is 10.1. The van der Waals surface area contributed by atoms with Crippen LogP contribution < -0.4 is 5.32 Å². The van der Waals surface area contributed by atoms with E-state index in [0.717, 1.165) is 10.0 Å². The van der Waals surface area contributed by atoms with Crippen molar-refractivity contribution in [1.29, 1.82) is 0 Å². The summed E-state index contributed by atoms with van der Waals surface area (Å²) in [5.41, 5.74) is 1.36. The molecule has 0 saturated heterocycles. The summed E-state index contributed by atoms with van der Waals surface area (Å²) in [7, 11) is 0. The third-order valence-electron chi connectivity index (χ3n) is 2.39. The van der Waals surface area contributed by atoms with Crippen LogP contribution in [-0.2, 0) is 0 Å². The van der Waals surface area contributed by atoms with Crippen molar-refractivity contribution in [2.45, 2.75) is 6.92 Å². The van der Waals surface area contributed by atoms with Gasteiger partial charge in [-0.3, -0.25) is 4.79 Å². The van der Waals surface area contributed by atoms with E-state index in [4.69, 9.17) is 0 Å². The normalized spacial score (nSPS) is 10.2. The number of aryl methyl sites for hydroxylation is 1. The molecule has 0 unspecified atom stereocenters. The molecule has 2 aromatic rings. The van der Waals surface area contributed by atoms with Crippen LogP contribution in [-0.4, -0.2) is 10.9 Å². The summed E-state index contributed by atoms with van der Waals surface area (Å²) < 4.78 is 13.8. The number of halogens is 2. The largest absolute Gasteiger partial charge is 0.306 e. The molecule has 2 rings (SSSR count). The molecule has 1 aromatic carbocycles. The van der Waals surface area contributed by atoms with Crippen molar-refractivity contribution in [2.24, 2.45) is 0 Å². The summed E-state index contributed by atoms with van der Waals surface area (Å²) in [6, 6.07) is 9.57. The number of rotatable bonds is 2. The van der Waals surface area contributed by atoms with Gasteiger partial charge in [-0.2, -0.15) is 4.39 Å². The molecular weight excluding hydrogens is 299 g/mol. The Hall–Kier alpha value is -1.75. The van der Waals surface area contributed by atoms with E-state index in [9.17, 15) is 9.18 Å². The average Bonchev–Trinajstić information content (AvgIpc) is 2.28. The van der Waals surface area contributed by atoms with E-state index in [1.165, 1.54) is 18.2 Å². The molecule has 0 aliphatic rings. The lowest BCUT2D eigenvalue weighted by Gasteiger charge is -2.07. The van der Waals surface area contributed by atoms with Gasteiger partial charge in [0.05, 0.1) is 0 Å². The van der Waals surface area contributed by atoms with Crippen LogP contribution in [0.2, 0.25) is 0 Å². The van der Waals surface area contributed by atoms with E-state index >= 15 is 0 Å². The number of hydrogen-bond acceptors (Lipinski definition) is 2. The molecule has 1 N–H and O–H groups in total. The molecule has 0 bridgehead atoms. The molecule has 1 amide bonds. The van der Waals surface area contributed by atoms with Gasteiger partial charge in [0, 0.05) is 10.0 Å². The lowest BCUT2D eigenvalue weighted by Crippen LogP contribution is -2.14. The summed E-state index contributed by atoms with van der Waals surface area (Å²) in [6.45, 7) is 1.83. The molecule has 0 atom stereocenters. The Kier molecular flexibility index (Phi) is 3.72. The molecule has 0 saturated carbocycles. The van der Waals surface area contributed by atoms with Crippen molar-refractivity contribution in [2.75, 3.05) is 5.32 Å². The number of aromatic nitrogens is 1. The Morgan fingerprint density at radius 2 is 2.11 bits per heavy atom. The number of nitrogens with zero attached hydrogens (tertiary/aromatic N) is 1. The number of benzene rings is 1. The van der Waals surface area contributed by atoms with Gasteiger partial charge in [-0.15, -0.1) is 0 Å². The minimum Gasteiger partial charge on any atom is -0.306 e. The molecule has 92 valence electrons. The van der Waals surface area contributed by atoms with Gasteiger partial charge in [-0.25, -0.2) is 4.98 Å². The highest BCUT2D eigenvalue weighted by atomic mass is 79.9. The molecule has 0 radical (unpaired) electrons. The number of carbonyl (C=O) groups excluding carboxylic acids is 1. The predicted octanol–water partition coefficient (Wildman–Crippen LogP) is 3.54. The predicted molar refractivity (Wildman–Crippen MR) is 71.0 cm³/mol. The van der Waals surface area contributed by atoms with E-state index in [-0.39, 0.29) is 11.7 Å². The fraction of sp³-hybridized carbons (Fsp3) is 0.0769. The zero-order valence-electron chi connectivity index (χ0n) is 9.58. The summed E-state index contributed by atoms with van der Waals surface area (Å²) in [4.78, 5) is 15.5. The van der Waals surface area contributed by atoms with Crippen molar-refractivity contribution in [3.05, 3.63) is 57.9 Å². The Morgan fingerprint density at radius 1 is 1.33 bits per heavy atom. The van der Waals surface area contributed by atoms with E-state index in [1.54, 1.807) is 12.1 Å². The van der Waals surface area contributed by atoms with Crippen LogP contribution in [0.4, 0.5) is 10.2 Å². The van der Waals surface area contributed by atoms with Crippen LogP contribution in [0.5, 0.6) is 0 Å². The van der Waals surface area contributed by atoms with Crippen LogP contribution >= 0.6 is 15.9 Å². The molecule has 1 aromatic heterocycles. The maximum atomic E-state index is 12.9. The highest BCUT2D eigenvalue weighted by molar-refractivity contribution is 9.10. The third-order valence-corrected chi connectivity index (χ3v) is 2.88. The molecule has 18 heavy (non-hydrogen) atoms. The number of amides is 1. The van der Waals surface area contributed by atoms with Gasteiger partial charge in [-0.05, 0) is 42.8 Å². The summed E-state index contributed by atoms with van der Waals surface area (Å²) in [5, 5.41) is 2.55. The first-order valence-electron chi connectivity index (χ1n) is 5.26. The standard InChI is InChI=1S/C13H10BrFN2O/c1-8-7-9(14)5-6-10(8)13(18)17-12-4-2-3-11(15)16-12/h2-7H,1H3,(H,16,17,18). The Bertz CT molecular complexity index is 601. The maximum Gasteiger partial charge on any atom is 0.257 e. The maximum absolute atomic E-state index is 12.9. The van der Waals surface area contributed by atoms with Crippen LogP contribution in [0, 0.1) is 12.9 Å². The Morgan fingerprint density at radius 3 is 2.78 bits per heavy atom. The number of carbonyl (C=O) groups is 1. The minimum atomic E-state index is -0.625. The second kappa shape index (κ2) is 5.27. The number of hydrogen-bond donors (Lipinski definition) is 1. The van der Waals surface area contributed by atoms with Gasteiger partial charge in [0.1, 0.15) is 5.82 Å². The zero-order chi connectivity index (χ0) is 13.1. The first-order chi connectivity index (χ1) is 8.56. The zero-order valence-corrected chi connectivity index (χ0v) is 11.2. The van der Waals surface area contributed by atoms with Gasteiger partial charge in [0.15, 0.2) is 0 Å². The topological polar surface area (TPSA) is 42.0 Å². The van der Waals surface area contributed by atoms with Crippen molar-refractivity contribution in [3.8, 4) is 0 Å². The van der Waals surface area contributed by atoms with Crippen molar-refractivity contribution in [3.63, 3.8) is 0 Å². The van der Waals surface area contributed by atoms with Crippen molar-refractivity contribution < 1.29 is 9.18 Å². The highest BCUT2D eigenvalue weighted by Gasteiger charge is 2.10. The Labute approximate surface area is 112 Å². The molecule has 0 fully saturated rings. The van der Waals surface area contributed by atoms with Crippen LogP contribution in [0.15, 0.2) is 40.9 Å². The monoisotopic (exact) mass is 308 g/mol. The van der Waals surface area contributed by atoms with Crippen molar-refractivity contribution in [1.82, 2.24) is 4.98 Å². The molecule has 1 heterocycles. The first kappa shape index (κ1) is 12.7. The summed E-state index contributed by atoms with van der Waals surface area (Å²) in [6.07, 6.45) is 0. The quantitative estimate of drug-likeness (QED) is 0.862. The minimum absolute atomic E-state index is 0.197. The lowest BCUT2D eigenvalue weighted by molar-refractivity contribution is 0.102. The fourth-order valence-corrected chi connectivity index (χ4v) is 2.02. The molecule has 3 nitrogen and oxygen atoms in total. The molecule has 0 aliphatic carbocycles. The summed E-state index contributed by atoms with van der Waals surface area (Å²) in [5.74, 6) is -0.735. The van der Waals surface area contributed by atoms with Gasteiger partial charge in [0.25, 0.3) is 5.91 Å². The van der Waals surface area contributed by atoms with Crippen LogP contribution in [0.1, 0.15) is 15.9 Å². The van der Waals surface area contributed by atoms with E-state index < -0.39 is 5.95 Å². The number of anilines is 1. The summed E-state index contributed by atoms with van der Waals surface area (Å²) >= 11 is 3.33. The molecule has 5 heteroatoms. The molecular formula is C13H10BrFN2O. The average molecular weight is 309 g/mol. The Balaban J connectivity index is 2.22. The van der Waals surface area contributed by atoms with Gasteiger partial charge in [-0.1, -0.05) is 22.0 Å². The van der Waals surface area contributed by atoms with Gasteiger partial charge in [0.2, 0.25) is 5.95 Å². The van der Waals surface area contributed by atoms with Crippen LogP contribution in [0.25, 0.3) is 0 Å². The highest BCUT2D eigenvalue weighted by Crippen LogP contribution is 2.17. The van der Waals surface area contributed by atoms with Crippen molar-refractivity contribution >= 4 is 27.7 Å². The fourth-order valence-electron chi connectivity index (χ4n) is 1.54. The first-order valence-corrected chi connectivity index (χ1v) is 6.05. The second-order valence-corrected chi connectivity index (χ2v) is 4.67.